The van der Waals surface area contributed by atoms with Gasteiger partial charge in [-0.25, -0.2) is 9.67 Å². The number of hydrogen-bond donors (Lipinski definition) is 2. The zero-order valence-corrected chi connectivity index (χ0v) is 13.0. The highest BCUT2D eigenvalue weighted by Gasteiger charge is 2.26. The Morgan fingerprint density at radius 3 is 3.05 bits per heavy atom. The van der Waals surface area contributed by atoms with E-state index in [1.54, 1.807) is 17.1 Å². The molecule has 2 N–H and O–H groups in total. The molecule has 2 aromatic rings. The third-order valence-corrected chi connectivity index (χ3v) is 4.09. The largest absolute Gasteiger partial charge is 0.351 e. The van der Waals surface area contributed by atoms with E-state index in [0.29, 0.717) is 17.6 Å². The van der Waals surface area contributed by atoms with Crippen molar-refractivity contribution in [1.82, 2.24) is 25.4 Å². The van der Waals surface area contributed by atoms with Gasteiger partial charge in [0.05, 0.1) is 11.7 Å². The molecule has 1 aromatic heterocycles. The number of amides is 1. The third kappa shape index (κ3) is 3.28. The molecule has 1 aromatic carbocycles. The number of nitrogens with one attached hydrogen (secondary N) is 2. The Morgan fingerprint density at radius 1 is 1.50 bits per heavy atom. The van der Waals surface area contributed by atoms with Crippen LogP contribution in [-0.4, -0.2) is 32.8 Å². The maximum Gasteiger partial charge on any atom is 0.237 e. The summed E-state index contributed by atoms with van der Waals surface area (Å²) in [5.41, 5.74) is 1.76. The van der Waals surface area contributed by atoms with Gasteiger partial charge in [0, 0.05) is 17.6 Å². The highest BCUT2D eigenvalue weighted by atomic mass is 35.5. The molecule has 2 heterocycles. The molecule has 116 valence electrons. The van der Waals surface area contributed by atoms with E-state index in [9.17, 15) is 4.79 Å². The summed E-state index contributed by atoms with van der Waals surface area (Å²) in [5, 5.41) is 11.0. The first-order chi connectivity index (χ1) is 10.6. The normalized spacial score (nSPS) is 21.0. The average Bonchev–Trinajstić information content (AvgIpc) is 3.16. The second kappa shape index (κ2) is 6.46. The van der Waals surface area contributed by atoms with Crippen molar-refractivity contribution < 1.29 is 4.79 Å². The van der Waals surface area contributed by atoms with Crippen molar-refractivity contribution in [3.63, 3.8) is 0 Å². The molecule has 7 heteroatoms. The Hall–Kier alpha value is -1.92. The van der Waals surface area contributed by atoms with Crippen molar-refractivity contribution in [1.29, 1.82) is 0 Å². The second-order valence-electron chi connectivity index (χ2n) is 5.53. The monoisotopic (exact) mass is 319 g/mol. The molecular formula is C15H18ClN5O. The van der Waals surface area contributed by atoms with Gasteiger partial charge in [-0.3, -0.25) is 4.79 Å². The summed E-state index contributed by atoms with van der Waals surface area (Å²) in [6.45, 7) is 2.49. The van der Waals surface area contributed by atoms with Gasteiger partial charge in [-0.1, -0.05) is 11.6 Å². The summed E-state index contributed by atoms with van der Waals surface area (Å²) in [6, 6.07) is 5.79. The molecule has 3 rings (SSSR count). The molecule has 22 heavy (non-hydrogen) atoms. The first-order valence-corrected chi connectivity index (χ1v) is 7.68. The minimum atomic E-state index is -0.107. The SMILES string of the molecule is CC1CC[C@@H](C(=O)NCc2cc(Cl)ccc2-n2cncn2)N1. The van der Waals surface area contributed by atoms with Crippen LogP contribution < -0.4 is 10.6 Å². The quantitative estimate of drug-likeness (QED) is 0.899. The summed E-state index contributed by atoms with van der Waals surface area (Å²) in [6.07, 6.45) is 4.99. The van der Waals surface area contributed by atoms with Crippen LogP contribution in [0.15, 0.2) is 30.9 Å². The second-order valence-corrected chi connectivity index (χ2v) is 5.96. The highest BCUT2D eigenvalue weighted by Crippen LogP contribution is 2.19. The van der Waals surface area contributed by atoms with Crippen LogP contribution in [0.2, 0.25) is 5.02 Å². The predicted molar refractivity (Wildman–Crippen MR) is 83.8 cm³/mol. The van der Waals surface area contributed by atoms with Crippen molar-refractivity contribution in [2.45, 2.75) is 38.4 Å². The van der Waals surface area contributed by atoms with Gasteiger partial charge < -0.3 is 10.6 Å². The lowest BCUT2D eigenvalue weighted by Crippen LogP contribution is -2.41. The lowest BCUT2D eigenvalue weighted by atomic mass is 10.1. The van der Waals surface area contributed by atoms with Crippen LogP contribution in [0.4, 0.5) is 0 Å². The minimum Gasteiger partial charge on any atom is -0.351 e. The topological polar surface area (TPSA) is 71.8 Å². The van der Waals surface area contributed by atoms with E-state index in [1.807, 2.05) is 12.1 Å². The van der Waals surface area contributed by atoms with Crippen LogP contribution in [0.3, 0.4) is 0 Å². The van der Waals surface area contributed by atoms with Crippen molar-refractivity contribution in [2.75, 3.05) is 0 Å². The summed E-state index contributed by atoms with van der Waals surface area (Å²) < 4.78 is 1.66. The van der Waals surface area contributed by atoms with Crippen LogP contribution in [0, 0.1) is 0 Å². The number of carbonyl (C=O) groups is 1. The molecule has 1 unspecified atom stereocenters. The molecule has 1 aliphatic heterocycles. The van der Waals surface area contributed by atoms with E-state index < -0.39 is 0 Å². The summed E-state index contributed by atoms with van der Waals surface area (Å²) >= 11 is 6.07. The Balaban J connectivity index is 1.72. The lowest BCUT2D eigenvalue weighted by Gasteiger charge is -2.14. The fourth-order valence-electron chi connectivity index (χ4n) is 2.69. The Kier molecular flexibility index (Phi) is 4.40. The first-order valence-electron chi connectivity index (χ1n) is 7.30. The number of carbonyl (C=O) groups excluding carboxylic acids is 1. The number of benzene rings is 1. The highest BCUT2D eigenvalue weighted by molar-refractivity contribution is 6.30. The number of halogens is 1. The van der Waals surface area contributed by atoms with Crippen molar-refractivity contribution in [3.05, 3.63) is 41.4 Å². The van der Waals surface area contributed by atoms with E-state index in [0.717, 1.165) is 24.1 Å². The minimum absolute atomic E-state index is 0.0221. The molecule has 2 atom stereocenters. The van der Waals surface area contributed by atoms with Gasteiger partial charge in [-0.15, -0.1) is 0 Å². The molecule has 0 radical (unpaired) electrons. The fourth-order valence-corrected chi connectivity index (χ4v) is 2.89. The zero-order valence-electron chi connectivity index (χ0n) is 12.3. The molecule has 0 aliphatic carbocycles. The summed E-state index contributed by atoms with van der Waals surface area (Å²) in [7, 11) is 0. The molecule has 1 amide bonds. The molecule has 1 saturated heterocycles. The van der Waals surface area contributed by atoms with Gasteiger partial charge in [0.15, 0.2) is 0 Å². The lowest BCUT2D eigenvalue weighted by molar-refractivity contribution is -0.123. The van der Waals surface area contributed by atoms with Crippen molar-refractivity contribution in [2.24, 2.45) is 0 Å². The van der Waals surface area contributed by atoms with Crippen LogP contribution in [0.25, 0.3) is 5.69 Å². The van der Waals surface area contributed by atoms with E-state index in [4.69, 9.17) is 11.6 Å². The Morgan fingerprint density at radius 2 is 2.36 bits per heavy atom. The number of nitrogens with zero attached hydrogens (tertiary/aromatic N) is 3. The van der Waals surface area contributed by atoms with E-state index in [-0.39, 0.29) is 11.9 Å². The van der Waals surface area contributed by atoms with Crippen LogP contribution in [0.5, 0.6) is 0 Å². The molecular weight excluding hydrogens is 302 g/mol. The van der Waals surface area contributed by atoms with Gasteiger partial charge >= 0.3 is 0 Å². The standard InChI is InChI=1S/C15H18ClN5O/c1-10-2-4-13(20-10)15(22)18-7-11-6-12(16)3-5-14(11)21-9-17-8-19-21/h3,5-6,8-10,13,20H,2,4,7H2,1H3,(H,18,22)/t10?,13-/m0/s1. The molecule has 1 aliphatic rings. The molecule has 6 nitrogen and oxygen atoms in total. The Labute approximate surface area is 133 Å². The fraction of sp³-hybridized carbons (Fsp3) is 0.400. The van der Waals surface area contributed by atoms with E-state index in [2.05, 4.69) is 27.6 Å². The Bertz CT molecular complexity index is 658. The van der Waals surface area contributed by atoms with Gasteiger partial charge in [-0.2, -0.15) is 5.10 Å². The third-order valence-electron chi connectivity index (χ3n) is 3.85. The average molecular weight is 320 g/mol. The first kappa shape index (κ1) is 15.0. The van der Waals surface area contributed by atoms with Crippen molar-refractivity contribution >= 4 is 17.5 Å². The number of rotatable bonds is 4. The van der Waals surface area contributed by atoms with Crippen molar-refractivity contribution in [3.8, 4) is 5.69 Å². The molecule has 0 saturated carbocycles. The van der Waals surface area contributed by atoms with Gasteiger partial charge in [0.1, 0.15) is 12.7 Å². The summed E-state index contributed by atoms with van der Waals surface area (Å²) in [5.74, 6) is 0.0221. The maximum absolute atomic E-state index is 12.2. The predicted octanol–water partition coefficient (Wildman–Crippen LogP) is 1.68. The molecule has 0 bridgehead atoms. The smallest absolute Gasteiger partial charge is 0.237 e. The van der Waals surface area contributed by atoms with Gasteiger partial charge in [0.25, 0.3) is 0 Å². The molecule has 0 spiro atoms. The van der Waals surface area contributed by atoms with E-state index in [1.165, 1.54) is 6.33 Å². The van der Waals surface area contributed by atoms with E-state index >= 15 is 0 Å². The van der Waals surface area contributed by atoms with Gasteiger partial charge in [-0.05, 0) is 43.5 Å². The number of aromatic nitrogens is 3. The van der Waals surface area contributed by atoms with Crippen LogP contribution in [-0.2, 0) is 11.3 Å². The van der Waals surface area contributed by atoms with Crippen LogP contribution >= 0.6 is 11.6 Å². The number of hydrogen-bond acceptors (Lipinski definition) is 4. The maximum atomic E-state index is 12.2. The van der Waals surface area contributed by atoms with Crippen LogP contribution in [0.1, 0.15) is 25.3 Å². The summed E-state index contributed by atoms with van der Waals surface area (Å²) in [4.78, 5) is 16.2. The van der Waals surface area contributed by atoms with Gasteiger partial charge in [0.2, 0.25) is 5.91 Å². The molecule has 1 fully saturated rings. The zero-order chi connectivity index (χ0) is 15.5.